The van der Waals surface area contributed by atoms with Crippen molar-refractivity contribution < 1.29 is 9.26 Å². The van der Waals surface area contributed by atoms with Gasteiger partial charge in [0.2, 0.25) is 11.7 Å². The molecule has 120 valence electrons. The summed E-state index contributed by atoms with van der Waals surface area (Å²) in [7, 11) is 1.96. The van der Waals surface area contributed by atoms with Crippen molar-refractivity contribution in [2.24, 2.45) is 5.92 Å². The number of morpholine rings is 1. The second-order valence-electron chi connectivity index (χ2n) is 6.34. The van der Waals surface area contributed by atoms with Crippen LogP contribution in [0.4, 0.5) is 0 Å². The number of hydrogen-bond donors (Lipinski definition) is 1. The lowest BCUT2D eigenvalue weighted by atomic mass is 10.0. The quantitative estimate of drug-likeness (QED) is 0.861. The standard InChI is InChI=1S/C15H28N4O2/c1-10(2)12(16-5)8-14-17-15(18-21-14)13-9-19(11(3)4)6-7-20-13/h10-13,16H,6-9H2,1-5H3. The molecule has 1 aromatic rings. The second kappa shape index (κ2) is 7.33. The summed E-state index contributed by atoms with van der Waals surface area (Å²) in [6.45, 7) is 11.3. The highest BCUT2D eigenvalue weighted by atomic mass is 16.5. The third-order valence-electron chi connectivity index (χ3n) is 4.17. The van der Waals surface area contributed by atoms with Crippen molar-refractivity contribution >= 4 is 0 Å². The van der Waals surface area contributed by atoms with Crippen LogP contribution in [0.15, 0.2) is 4.52 Å². The van der Waals surface area contributed by atoms with E-state index in [-0.39, 0.29) is 6.10 Å². The van der Waals surface area contributed by atoms with Gasteiger partial charge < -0.3 is 14.6 Å². The fourth-order valence-electron chi connectivity index (χ4n) is 2.64. The molecule has 2 heterocycles. The summed E-state index contributed by atoms with van der Waals surface area (Å²) < 4.78 is 11.2. The first-order valence-electron chi connectivity index (χ1n) is 7.86. The molecule has 1 N–H and O–H groups in total. The zero-order valence-electron chi connectivity index (χ0n) is 13.8. The van der Waals surface area contributed by atoms with Gasteiger partial charge in [-0.2, -0.15) is 4.98 Å². The first-order chi connectivity index (χ1) is 10.0. The van der Waals surface area contributed by atoms with Crippen molar-refractivity contribution in [2.75, 3.05) is 26.7 Å². The van der Waals surface area contributed by atoms with Crippen LogP contribution >= 0.6 is 0 Å². The Morgan fingerprint density at radius 2 is 2.10 bits per heavy atom. The van der Waals surface area contributed by atoms with Gasteiger partial charge in [-0.15, -0.1) is 0 Å². The Morgan fingerprint density at radius 1 is 1.33 bits per heavy atom. The van der Waals surface area contributed by atoms with Gasteiger partial charge in [0.15, 0.2) is 0 Å². The van der Waals surface area contributed by atoms with Crippen LogP contribution in [0, 0.1) is 5.92 Å². The third-order valence-corrected chi connectivity index (χ3v) is 4.17. The smallest absolute Gasteiger partial charge is 0.228 e. The molecule has 6 heteroatoms. The molecule has 0 radical (unpaired) electrons. The van der Waals surface area contributed by atoms with Crippen molar-refractivity contribution in [3.63, 3.8) is 0 Å². The molecule has 6 nitrogen and oxygen atoms in total. The lowest BCUT2D eigenvalue weighted by Crippen LogP contribution is -2.42. The number of rotatable bonds is 6. The summed E-state index contributed by atoms with van der Waals surface area (Å²) in [5.41, 5.74) is 0. The monoisotopic (exact) mass is 296 g/mol. The predicted molar refractivity (Wildman–Crippen MR) is 81.1 cm³/mol. The topological polar surface area (TPSA) is 63.4 Å². The number of aromatic nitrogens is 2. The fraction of sp³-hybridized carbons (Fsp3) is 0.867. The van der Waals surface area contributed by atoms with E-state index in [2.05, 4.69) is 48.1 Å². The van der Waals surface area contributed by atoms with Gasteiger partial charge in [0.1, 0.15) is 6.10 Å². The number of hydrogen-bond acceptors (Lipinski definition) is 6. The van der Waals surface area contributed by atoms with Crippen LogP contribution in [0.5, 0.6) is 0 Å². The van der Waals surface area contributed by atoms with Crippen molar-refractivity contribution in [1.29, 1.82) is 0 Å². The summed E-state index contributed by atoms with van der Waals surface area (Å²) in [4.78, 5) is 6.91. The second-order valence-corrected chi connectivity index (χ2v) is 6.34. The minimum atomic E-state index is -0.0780. The molecule has 0 bridgehead atoms. The Bertz CT molecular complexity index is 433. The van der Waals surface area contributed by atoms with Crippen molar-refractivity contribution in [1.82, 2.24) is 20.4 Å². The van der Waals surface area contributed by atoms with Crippen LogP contribution in [0.2, 0.25) is 0 Å². The van der Waals surface area contributed by atoms with Gasteiger partial charge in [-0.1, -0.05) is 19.0 Å². The van der Waals surface area contributed by atoms with Gasteiger partial charge in [0.05, 0.1) is 6.61 Å². The first kappa shape index (κ1) is 16.4. The number of ether oxygens (including phenoxy) is 1. The van der Waals surface area contributed by atoms with E-state index in [1.165, 1.54) is 0 Å². The van der Waals surface area contributed by atoms with Crippen molar-refractivity contribution in [2.45, 2.75) is 52.3 Å². The first-order valence-corrected chi connectivity index (χ1v) is 7.86. The minimum absolute atomic E-state index is 0.0780. The van der Waals surface area contributed by atoms with Crippen molar-refractivity contribution in [3.8, 4) is 0 Å². The highest BCUT2D eigenvalue weighted by molar-refractivity contribution is 4.96. The van der Waals surface area contributed by atoms with Gasteiger partial charge in [0, 0.05) is 31.6 Å². The number of nitrogens with one attached hydrogen (secondary N) is 1. The molecule has 0 amide bonds. The Balaban J connectivity index is 1.99. The van der Waals surface area contributed by atoms with Gasteiger partial charge in [-0.05, 0) is 26.8 Å². The zero-order valence-corrected chi connectivity index (χ0v) is 13.8. The average molecular weight is 296 g/mol. The van der Waals surface area contributed by atoms with Gasteiger partial charge in [-0.3, -0.25) is 4.90 Å². The molecule has 0 aromatic carbocycles. The van der Waals surface area contributed by atoms with Crippen LogP contribution in [-0.4, -0.2) is 53.9 Å². The van der Waals surface area contributed by atoms with E-state index >= 15 is 0 Å². The maximum absolute atomic E-state index is 5.79. The molecule has 21 heavy (non-hydrogen) atoms. The van der Waals surface area contributed by atoms with Crippen molar-refractivity contribution in [3.05, 3.63) is 11.7 Å². The molecule has 2 atom stereocenters. The molecule has 1 saturated heterocycles. The summed E-state index contributed by atoms with van der Waals surface area (Å²) in [6, 6.07) is 0.857. The molecule has 0 saturated carbocycles. The van der Waals surface area contributed by atoms with Crippen LogP contribution < -0.4 is 5.32 Å². The lowest BCUT2D eigenvalue weighted by Gasteiger charge is -2.34. The number of nitrogens with zero attached hydrogens (tertiary/aromatic N) is 3. The Hall–Kier alpha value is -0.980. The Kier molecular flexibility index (Phi) is 5.72. The maximum atomic E-state index is 5.79. The molecule has 1 aromatic heterocycles. The van der Waals surface area contributed by atoms with Crippen LogP contribution in [0.1, 0.15) is 45.5 Å². The fourth-order valence-corrected chi connectivity index (χ4v) is 2.64. The molecule has 0 aliphatic carbocycles. The van der Waals surface area contributed by atoms with Gasteiger partial charge in [-0.25, -0.2) is 0 Å². The predicted octanol–water partition coefficient (Wildman–Crippen LogP) is 1.64. The van der Waals surface area contributed by atoms with E-state index in [1.54, 1.807) is 0 Å². The molecule has 1 fully saturated rings. The van der Waals surface area contributed by atoms with E-state index in [0.29, 0.717) is 29.7 Å². The summed E-state index contributed by atoms with van der Waals surface area (Å²) in [6.07, 6.45) is 0.674. The van der Waals surface area contributed by atoms with Crippen LogP contribution in [-0.2, 0) is 11.2 Å². The van der Waals surface area contributed by atoms with E-state index < -0.39 is 0 Å². The normalized spacial score (nSPS) is 22.1. The molecule has 1 aliphatic rings. The number of likely N-dealkylation sites (N-methyl/N-ethyl adjacent to an activating group) is 1. The molecule has 2 rings (SSSR count). The van der Waals surface area contributed by atoms with Crippen LogP contribution in [0.3, 0.4) is 0 Å². The zero-order chi connectivity index (χ0) is 15.4. The Labute approximate surface area is 127 Å². The molecular formula is C15H28N4O2. The van der Waals surface area contributed by atoms with Crippen LogP contribution in [0.25, 0.3) is 0 Å². The largest absolute Gasteiger partial charge is 0.367 e. The third kappa shape index (κ3) is 4.25. The molecular weight excluding hydrogens is 268 g/mol. The highest BCUT2D eigenvalue weighted by Crippen LogP contribution is 2.21. The van der Waals surface area contributed by atoms with Gasteiger partial charge in [0.25, 0.3) is 0 Å². The van der Waals surface area contributed by atoms with E-state index in [0.717, 1.165) is 26.1 Å². The molecule has 2 unspecified atom stereocenters. The average Bonchev–Trinajstić information content (AvgIpc) is 2.93. The minimum Gasteiger partial charge on any atom is -0.367 e. The van der Waals surface area contributed by atoms with E-state index in [1.807, 2.05) is 7.05 Å². The summed E-state index contributed by atoms with van der Waals surface area (Å²) in [5.74, 6) is 1.88. The summed E-state index contributed by atoms with van der Waals surface area (Å²) >= 11 is 0. The molecule has 1 aliphatic heterocycles. The van der Waals surface area contributed by atoms with E-state index in [4.69, 9.17) is 9.26 Å². The highest BCUT2D eigenvalue weighted by Gasteiger charge is 2.27. The van der Waals surface area contributed by atoms with E-state index in [9.17, 15) is 0 Å². The Morgan fingerprint density at radius 3 is 2.71 bits per heavy atom. The maximum Gasteiger partial charge on any atom is 0.228 e. The van der Waals surface area contributed by atoms with Gasteiger partial charge >= 0.3 is 0 Å². The SMILES string of the molecule is CNC(Cc1nc(C2CN(C(C)C)CCO2)no1)C(C)C. The summed E-state index contributed by atoms with van der Waals surface area (Å²) in [5, 5.41) is 7.41. The molecule has 0 spiro atoms. The lowest BCUT2D eigenvalue weighted by molar-refractivity contribution is -0.0450.